The van der Waals surface area contributed by atoms with Gasteiger partial charge in [-0.2, -0.15) is 0 Å². The predicted molar refractivity (Wildman–Crippen MR) is 72.2 cm³/mol. The van der Waals surface area contributed by atoms with E-state index in [0.717, 1.165) is 17.8 Å². The average molecular weight is 287 g/mol. The summed E-state index contributed by atoms with van der Waals surface area (Å²) in [5, 5.41) is 0.583. The molecule has 2 heterocycles. The van der Waals surface area contributed by atoms with E-state index in [0.29, 0.717) is 22.7 Å². The Balaban J connectivity index is 1.73. The number of anilines is 1. The second kappa shape index (κ2) is 4.47. The van der Waals surface area contributed by atoms with Gasteiger partial charge in [-0.25, -0.2) is 13.4 Å². The summed E-state index contributed by atoms with van der Waals surface area (Å²) in [6.07, 6.45) is 4.95. The topological polar surface area (TPSA) is 76.3 Å². The van der Waals surface area contributed by atoms with E-state index in [1.165, 1.54) is 24.2 Å². The molecule has 2 aliphatic rings. The van der Waals surface area contributed by atoms with Gasteiger partial charge < -0.3 is 5.73 Å². The van der Waals surface area contributed by atoms with Gasteiger partial charge in [-0.3, -0.25) is 4.90 Å². The summed E-state index contributed by atoms with van der Waals surface area (Å²) < 4.78 is 23.2. The SMILES string of the molecule is Nc1ncc(CN(C2CC2)C2CCS(=O)(=O)C2)s1. The summed E-state index contributed by atoms with van der Waals surface area (Å²) in [5.41, 5.74) is 5.64. The number of nitrogen functional groups attached to an aromatic ring is 1. The maximum absolute atomic E-state index is 11.6. The highest BCUT2D eigenvalue weighted by Gasteiger charge is 2.39. The van der Waals surface area contributed by atoms with Gasteiger partial charge in [0.15, 0.2) is 15.0 Å². The summed E-state index contributed by atoms with van der Waals surface area (Å²) in [4.78, 5) is 7.53. The number of sulfone groups is 1. The van der Waals surface area contributed by atoms with Crippen LogP contribution in [0.15, 0.2) is 6.20 Å². The molecule has 7 heteroatoms. The first kappa shape index (κ1) is 12.4. The van der Waals surface area contributed by atoms with Gasteiger partial charge in [0.05, 0.1) is 11.5 Å². The van der Waals surface area contributed by atoms with Crippen LogP contribution in [0, 0.1) is 0 Å². The second-order valence-electron chi connectivity index (χ2n) is 5.13. The molecule has 1 saturated carbocycles. The maximum atomic E-state index is 11.6. The number of thiazole rings is 1. The molecule has 1 unspecified atom stereocenters. The van der Waals surface area contributed by atoms with E-state index in [4.69, 9.17) is 5.73 Å². The monoisotopic (exact) mass is 287 g/mol. The van der Waals surface area contributed by atoms with Crippen LogP contribution >= 0.6 is 11.3 Å². The van der Waals surface area contributed by atoms with Gasteiger partial charge in [0, 0.05) is 29.7 Å². The Morgan fingerprint density at radius 2 is 2.17 bits per heavy atom. The van der Waals surface area contributed by atoms with Gasteiger partial charge in [0.2, 0.25) is 0 Å². The van der Waals surface area contributed by atoms with E-state index >= 15 is 0 Å². The van der Waals surface area contributed by atoms with Crippen molar-refractivity contribution in [2.75, 3.05) is 17.2 Å². The van der Waals surface area contributed by atoms with Crippen LogP contribution in [0.25, 0.3) is 0 Å². The van der Waals surface area contributed by atoms with Gasteiger partial charge in [-0.05, 0) is 19.3 Å². The Bertz CT molecular complexity index is 536. The zero-order valence-corrected chi connectivity index (χ0v) is 11.7. The van der Waals surface area contributed by atoms with Gasteiger partial charge in [-0.1, -0.05) is 0 Å². The molecule has 1 atom stereocenters. The smallest absolute Gasteiger partial charge is 0.180 e. The lowest BCUT2D eigenvalue weighted by Crippen LogP contribution is -2.37. The van der Waals surface area contributed by atoms with Crippen LogP contribution in [0.3, 0.4) is 0 Å². The third-order valence-electron chi connectivity index (χ3n) is 3.60. The number of hydrogen-bond donors (Lipinski definition) is 1. The zero-order valence-electron chi connectivity index (χ0n) is 10.1. The Morgan fingerprint density at radius 1 is 1.39 bits per heavy atom. The molecule has 2 N–H and O–H groups in total. The molecule has 0 bridgehead atoms. The fourth-order valence-electron chi connectivity index (χ4n) is 2.58. The molecule has 3 rings (SSSR count). The first-order valence-electron chi connectivity index (χ1n) is 6.20. The van der Waals surface area contributed by atoms with E-state index in [1.54, 1.807) is 6.20 Å². The maximum Gasteiger partial charge on any atom is 0.180 e. The van der Waals surface area contributed by atoms with Crippen molar-refractivity contribution >= 4 is 26.3 Å². The normalized spacial score (nSPS) is 26.8. The van der Waals surface area contributed by atoms with Gasteiger partial charge in [-0.15, -0.1) is 11.3 Å². The van der Waals surface area contributed by atoms with Gasteiger partial charge in [0.25, 0.3) is 0 Å². The van der Waals surface area contributed by atoms with E-state index < -0.39 is 9.84 Å². The summed E-state index contributed by atoms with van der Waals surface area (Å²) >= 11 is 1.50. The molecule has 2 fully saturated rings. The molecule has 0 spiro atoms. The van der Waals surface area contributed by atoms with Crippen molar-refractivity contribution in [3.8, 4) is 0 Å². The molecule has 1 aromatic heterocycles. The van der Waals surface area contributed by atoms with Crippen molar-refractivity contribution in [3.63, 3.8) is 0 Å². The molecule has 5 nitrogen and oxygen atoms in total. The highest BCUT2D eigenvalue weighted by atomic mass is 32.2. The molecule has 1 aliphatic carbocycles. The van der Waals surface area contributed by atoms with Gasteiger partial charge in [0.1, 0.15) is 0 Å². The standard InChI is InChI=1S/C11H17N3O2S2/c12-11-13-5-10(17-11)6-14(8-1-2-8)9-3-4-18(15,16)7-9/h5,8-9H,1-4,6-7H2,(H2,12,13). The molecule has 0 aromatic carbocycles. The van der Waals surface area contributed by atoms with Crippen LogP contribution in [0.4, 0.5) is 5.13 Å². The van der Waals surface area contributed by atoms with Gasteiger partial charge >= 0.3 is 0 Å². The molecule has 1 saturated heterocycles. The molecular formula is C11H17N3O2S2. The summed E-state index contributed by atoms with van der Waals surface area (Å²) in [5.74, 6) is 0.656. The van der Waals surface area contributed by atoms with Crippen molar-refractivity contribution in [1.29, 1.82) is 0 Å². The van der Waals surface area contributed by atoms with Crippen LogP contribution in [0.1, 0.15) is 24.1 Å². The molecule has 100 valence electrons. The summed E-state index contributed by atoms with van der Waals surface area (Å²) in [6.45, 7) is 0.791. The molecule has 1 aliphatic heterocycles. The molecule has 0 amide bonds. The van der Waals surface area contributed by atoms with Crippen LogP contribution in [-0.4, -0.2) is 41.9 Å². The Morgan fingerprint density at radius 3 is 2.67 bits per heavy atom. The molecule has 1 aromatic rings. The fourth-order valence-corrected chi connectivity index (χ4v) is 5.01. The minimum atomic E-state index is -2.81. The Kier molecular flexibility index (Phi) is 3.07. The predicted octanol–water partition coefficient (Wildman–Crippen LogP) is 0.877. The van der Waals surface area contributed by atoms with Crippen LogP contribution in [0.2, 0.25) is 0 Å². The third kappa shape index (κ3) is 2.67. The van der Waals surface area contributed by atoms with E-state index in [1.807, 2.05) is 0 Å². The lowest BCUT2D eigenvalue weighted by Gasteiger charge is -2.27. The largest absolute Gasteiger partial charge is 0.375 e. The third-order valence-corrected chi connectivity index (χ3v) is 6.16. The lowest BCUT2D eigenvalue weighted by molar-refractivity contribution is 0.194. The molecule has 18 heavy (non-hydrogen) atoms. The second-order valence-corrected chi connectivity index (χ2v) is 8.50. The zero-order chi connectivity index (χ0) is 12.8. The number of nitrogens with two attached hydrogens (primary N) is 1. The highest BCUT2D eigenvalue weighted by molar-refractivity contribution is 7.91. The lowest BCUT2D eigenvalue weighted by atomic mass is 10.2. The summed E-state index contributed by atoms with van der Waals surface area (Å²) in [6, 6.07) is 0.748. The Labute approximate surface area is 111 Å². The van der Waals surface area contributed by atoms with Crippen molar-refractivity contribution in [2.45, 2.75) is 37.9 Å². The number of hydrogen-bond acceptors (Lipinski definition) is 6. The van der Waals surface area contributed by atoms with Crippen LogP contribution in [-0.2, 0) is 16.4 Å². The van der Waals surface area contributed by atoms with Crippen molar-refractivity contribution in [3.05, 3.63) is 11.1 Å². The first-order valence-corrected chi connectivity index (χ1v) is 8.84. The fraction of sp³-hybridized carbons (Fsp3) is 0.727. The highest BCUT2D eigenvalue weighted by Crippen LogP contribution is 2.34. The van der Waals surface area contributed by atoms with E-state index in [9.17, 15) is 8.42 Å². The Hall–Kier alpha value is -0.660. The number of nitrogens with zero attached hydrogens (tertiary/aromatic N) is 2. The quantitative estimate of drug-likeness (QED) is 0.889. The summed E-state index contributed by atoms with van der Waals surface area (Å²) in [7, 11) is -2.81. The molecular weight excluding hydrogens is 270 g/mol. The van der Waals surface area contributed by atoms with Crippen molar-refractivity contribution in [1.82, 2.24) is 9.88 Å². The van der Waals surface area contributed by atoms with Crippen molar-refractivity contribution < 1.29 is 8.42 Å². The average Bonchev–Trinajstić information content (AvgIpc) is 2.96. The van der Waals surface area contributed by atoms with Crippen molar-refractivity contribution in [2.24, 2.45) is 0 Å². The minimum Gasteiger partial charge on any atom is -0.375 e. The van der Waals surface area contributed by atoms with Crippen LogP contribution in [0.5, 0.6) is 0 Å². The van der Waals surface area contributed by atoms with E-state index in [-0.39, 0.29) is 6.04 Å². The first-order chi connectivity index (χ1) is 8.53. The van der Waals surface area contributed by atoms with E-state index in [2.05, 4.69) is 9.88 Å². The number of aromatic nitrogens is 1. The molecule has 0 radical (unpaired) electrons. The number of rotatable bonds is 4. The van der Waals surface area contributed by atoms with Crippen LogP contribution < -0.4 is 5.73 Å². The minimum absolute atomic E-state index is 0.186.